The predicted octanol–water partition coefficient (Wildman–Crippen LogP) is 3.23. The lowest BCUT2D eigenvalue weighted by molar-refractivity contribution is 0.0944. The summed E-state index contributed by atoms with van der Waals surface area (Å²) in [6.45, 7) is 4.46. The van der Waals surface area contributed by atoms with E-state index in [1.807, 2.05) is 31.2 Å². The van der Waals surface area contributed by atoms with Crippen LogP contribution in [0.25, 0.3) is 0 Å². The van der Waals surface area contributed by atoms with E-state index in [4.69, 9.17) is 0 Å². The van der Waals surface area contributed by atoms with Crippen LogP contribution in [0.5, 0.6) is 0 Å². The Kier molecular flexibility index (Phi) is 4.88. The third-order valence-corrected chi connectivity index (χ3v) is 3.38. The summed E-state index contributed by atoms with van der Waals surface area (Å²) in [6, 6.07) is 14.4. The third-order valence-electron chi connectivity index (χ3n) is 3.38. The Bertz CT molecular complexity index is 645. The van der Waals surface area contributed by atoms with Gasteiger partial charge in [-0.3, -0.25) is 9.59 Å². The highest BCUT2D eigenvalue weighted by atomic mass is 16.2. The third kappa shape index (κ3) is 3.37. The summed E-state index contributed by atoms with van der Waals surface area (Å²) in [5.41, 5.74) is 2.64. The molecule has 0 atom stereocenters. The number of amides is 1. The number of benzene rings is 2. The lowest BCUT2D eigenvalue weighted by Gasteiger charge is -2.09. The minimum absolute atomic E-state index is 0.125. The van der Waals surface area contributed by atoms with Crippen molar-refractivity contribution in [1.82, 2.24) is 5.32 Å². The molecule has 0 spiro atoms. The van der Waals surface area contributed by atoms with Crippen molar-refractivity contribution in [1.29, 1.82) is 0 Å². The number of carbonyl (C=O) groups excluding carboxylic acids is 2. The molecule has 2 aromatic carbocycles. The second-order valence-corrected chi connectivity index (χ2v) is 4.78. The van der Waals surface area contributed by atoms with Crippen LogP contribution in [0.15, 0.2) is 48.5 Å². The Morgan fingerprint density at radius 3 is 2.10 bits per heavy atom. The number of nitrogens with one attached hydrogen (secondary N) is 1. The first kappa shape index (κ1) is 15.0. The zero-order valence-corrected chi connectivity index (χ0v) is 12.3. The standard InChI is InChI=1S/C18H19NO2/c1-3-13-9-11-14(12-10-13)17(20)15-7-5-6-8-16(15)18(21)19-4-2/h5-12H,3-4H2,1-2H3,(H,19,21). The van der Waals surface area contributed by atoms with E-state index in [9.17, 15) is 9.59 Å². The smallest absolute Gasteiger partial charge is 0.252 e. The summed E-state index contributed by atoms with van der Waals surface area (Å²) in [7, 11) is 0. The molecule has 0 aliphatic heterocycles. The van der Waals surface area contributed by atoms with Crippen LogP contribution >= 0.6 is 0 Å². The molecule has 0 bridgehead atoms. The molecule has 108 valence electrons. The zero-order valence-electron chi connectivity index (χ0n) is 12.3. The molecule has 0 aliphatic carbocycles. The van der Waals surface area contributed by atoms with Gasteiger partial charge in [0, 0.05) is 17.7 Å². The van der Waals surface area contributed by atoms with Gasteiger partial charge >= 0.3 is 0 Å². The van der Waals surface area contributed by atoms with E-state index >= 15 is 0 Å². The normalized spacial score (nSPS) is 10.2. The molecule has 0 aromatic heterocycles. The van der Waals surface area contributed by atoms with E-state index < -0.39 is 0 Å². The zero-order chi connectivity index (χ0) is 15.2. The first-order valence-electron chi connectivity index (χ1n) is 7.18. The summed E-state index contributed by atoms with van der Waals surface area (Å²) in [5, 5.41) is 2.74. The number of ketones is 1. The highest BCUT2D eigenvalue weighted by Crippen LogP contribution is 2.15. The molecular weight excluding hydrogens is 262 g/mol. The minimum Gasteiger partial charge on any atom is -0.352 e. The van der Waals surface area contributed by atoms with E-state index in [1.165, 1.54) is 5.56 Å². The Balaban J connectivity index is 2.36. The van der Waals surface area contributed by atoms with Crippen LogP contribution in [0.3, 0.4) is 0 Å². The number of carbonyl (C=O) groups is 2. The van der Waals surface area contributed by atoms with Crippen molar-refractivity contribution in [3.05, 3.63) is 70.8 Å². The topological polar surface area (TPSA) is 46.2 Å². The number of hydrogen-bond donors (Lipinski definition) is 1. The van der Waals surface area contributed by atoms with Gasteiger partial charge in [-0.2, -0.15) is 0 Å². The van der Waals surface area contributed by atoms with Crippen LogP contribution in [-0.2, 0) is 6.42 Å². The highest BCUT2D eigenvalue weighted by molar-refractivity contribution is 6.15. The molecule has 0 unspecified atom stereocenters. The molecule has 3 nitrogen and oxygen atoms in total. The molecule has 0 saturated carbocycles. The molecule has 3 heteroatoms. The van der Waals surface area contributed by atoms with Crippen molar-refractivity contribution in [2.75, 3.05) is 6.54 Å². The van der Waals surface area contributed by atoms with E-state index in [1.54, 1.807) is 24.3 Å². The lowest BCUT2D eigenvalue weighted by Crippen LogP contribution is -2.25. The van der Waals surface area contributed by atoms with Gasteiger partial charge < -0.3 is 5.32 Å². The van der Waals surface area contributed by atoms with Gasteiger partial charge in [0.2, 0.25) is 0 Å². The fourth-order valence-electron chi connectivity index (χ4n) is 2.18. The van der Waals surface area contributed by atoms with E-state index in [0.717, 1.165) is 6.42 Å². The maximum Gasteiger partial charge on any atom is 0.252 e. The fraction of sp³-hybridized carbons (Fsp3) is 0.222. The first-order valence-corrected chi connectivity index (χ1v) is 7.18. The summed E-state index contributed by atoms with van der Waals surface area (Å²) in [5.74, 6) is -0.342. The Labute approximate surface area is 125 Å². The van der Waals surface area contributed by atoms with Gasteiger partial charge in [0.1, 0.15) is 0 Å². The van der Waals surface area contributed by atoms with Crippen LogP contribution in [0, 0.1) is 0 Å². The highest BCUT2D eigenvalue weighted by Gasteiger charge is 2.17. The molecular formula is C18H19NO2. The van der Waals surface area contributed by atoms with Crippen molar-refractivity contribution in [3.8, 4) is 0 Å². The van der Waals surface area contributed by atoms with Crippen LogP contribution in [0.4, 0.5) is 0 Å². The summed E-state index contributed by atoms with van der Waals surface area (Å²) in [6.07, 6.45) is 0.934. The fourth-order valence-corrected chi connectivity index (χ4v) is 2.18. The van der Waals surface area contributed by atoms with Crippen molar-refractivity contribution in [3.63, 3.8) is 0 Å². The monoisotopic (exact) mass is 281 g/mol. The molecule has 0 fully saturated rings. The maximum atomic E-state index is 12.6. The van der Waals surface area contributed by atoms with Crippen molar-refractivity contribution in [2.24, 2.45) is 0 Å². The molecule has 21 heavy (non-hydrogen) atoms. The molecule has 0 radical (unpaired) electrons. The lowest BCUT2D eigenvalue weighted by atomic mass is 9.97. The average Bonchev–Trinajstić information content (AvgIpc) is 2.54. The molecule has 0 aliphatic rings. The largest absolute Gasteiger partial charge is 0.352 e. The second kappa shape index (κ2) is 6.84. The van der Waals surface area contributed by atoms with Crippen LogP contribution in [-0.4, -0.2) is 18.2 Å². The first-order chi connectivity index (χ1) is 10.2. The van der Waals surface area contributed by atoms with Gasteiger partial charge in [0.15, 0.2) is 5.78 Å². The van der Waals surface area contributed by atoms with E-state index in [-0.39, 0.29) is 11.7 Å². The summed E-state index contributed by atoms with van der Waals surface area (Å²) >= 11 is 0. The Hall–Kier alpha value is -2.42. The molecule has 0 saturated heterocycles. The van der Waals surface area contributed by atoms with Crippen LogP contribution < -0.4 is 5.32 Å². The molecule has 1 N–H and O–H groups in total. The van der Waals surface area contributed by atoms with Gasteiger partial charge in [-0.15, -0.1) is 0 Å². The molecule has 1 amide bonds. The van der Waals surface area contributed by atoms with Crippen LogP contribution in [0.2, 0.25) is 0 Å². The number of hydrogen-bond acceptors (Lipinski definition) is 2. The van der Waals surface area contributed by atoms with Gasteiger partial charge in [-0.05, 0) is 25.0 Å². The summed E-state index contributed by atoms with van der Waals surface area (Å²) < 4.78 is 0. The maximum absolute atomic E-state index is 12.6. The van der Waals surface area contributed by atoms with Gasteiger partial charge in [-0.25, -0.2) is 0 Å². The molecule has 0 heterocycles. The predicted molar refractivity (Wildman–Crippen MR) is 83.7 cm³/mol. The van der Waals surface area contributed by atoms with Crippen molar-refractivity contribution in [2.45, 2.75) is 20.3 Å². The Morgan fingerprint density at radius 2 is 1.52 bits per heavy atom. The van der Waals surface area contributed by atoms with E-state index in [0.29, 0.717) is 23.2 Å². The van der Waals surface area contributed by atoms with Crippen LogP contribution in [0.1, 0.15) is 45.7 Å². The number of aryl methyl sites for hydroxylation is 1. The van der Waals surface area contributed by atoms with Crippen molar-refractivity contribution >= 4 is 11.7 Å². The minimum atomic E-state index is -0.216. The number of rotatable bonds is 5. The Morgan fingerprint density at radius 1 is 0.905 bits per heavy atom. The average molecular weight is 281 g/mol. The molecule has 2 aromatic rings. The van der Waals surface area contributed by atoms with Gasteiger partial charge in [0.25, 0.3) is 5.91 Å². The van der Waals surface area contributed by atoms with E-state index in [2.05, 4.69) is 12.2 Å². The van der Waals surface area contributed by atoms with Gasteiger partial charge in [-0.1, -0.05) is 49.4 Å². The van der Waals surface area contributed by atoms with Gasteiger partial charge in [0.05, 0.1) is 5.56 Å². The quantitative estimate of drug-likeness (QED) is 0.855. The molecule has 2 rings (SSSR count). The SMILES string of the molecule is CCNC(=O)c1ccccc1C(=O)c1ccc(CC)cc1. The summed E-state index contributed by atoms with van der Waals surface area (Å²) in [4.78, 5) is 24.6. The van der Waals surface area contributed by atoms with Crippen molar-refractivity contribution < 1.29 is 9.59 Å². The second-order valence-electron chi connectivity index (χ2n) is 4.78.